The Hall–Kier alpha value is -0.480. The quantitative estimate of drug-likeness (QED) is 0.801. The summed E-state index contributed by atoms with van der Waals surface area (Å²) < 4.78 is 5.29. The highest BCUT2D eigenvalue weighted by Crippen LogP contribution is 2.20. The van der Waals surface area contributed by atoms with Gasteiger partial charge in [-0.3, -0.25) is 0 Å². The Morgan fingerprint density at radius 2 is 2.53 bits per heavy atom. The van der Waals surface area contributed by atoms with Crippen molar-refractivity contribution < 1.29 is 4.42 Å². The molecule has 1 fully saturated rings. The fourth-order valence-electron chi connectivity index (χ4n) is 1.86. The van der Waals surface area contributed by atoms with Crippen LogP contribution in [0.15, 0.2) is 15.9 Å². The Balaban J connectivity index is 1.65. The number of rotatable bonds is 4. The maximum absolute atomic E-state index is 5.29. The normalized spacial score (nSPS) is 21.8. The molecular weight excluding hydrogens is 208 g/mol. The number of nitrogens with zero attached hydrogens (tertiary/aromatic N) is 1. The van der Waals surface area contributed by atoms with Gasteiger partial charge in [0.2, 0.25) is 0 Å². The van der Waals surface area contributed by atoms with Crippen LogP contribution in [0.25, 0.3) is 0 Å². The van der Waals surface area contributed by atoms with E-state index < -0.39 is 0 Å². The molecule has 1 aromatic heterocycles. The highest BCUT2D eigenvalue weighted by atomic mass is 32.2. The molecule has 0 spiro atoms. The molecule has 3 nitrogen and oxygen atoms in total. The molecule has 1 atom stereocenters. The number of hydrogen-bond acceptors (Lipinski definition) is 4. The summed E-state index contributed by atoms with van der Waals surface area (Å²) in [6, 6.07) is 0.710. The van der Waals surface area contributed by atoms with Gasteiger partial charge in [0.05, 0.1) is 5.69 Å². The van der Waals surface area contributed by atoms with E-state index in [0.717, 1.165) is 16.7 Å². The third-order valence-electron chi connectivity index (χ3n) is 2.70. The minimum absolute atomic E-state index is 0.710. The minimum atomic E-state index is 0.710. The largest absolute Gasteiger partial charge is 0.440 e. The van der Waals surface area contributed by atoms with Crippen molar-refractivity contribution in [2.24, 2.45) is 0 Å². The van der Waals surface area contributed by atoms with Gasteiger partial charge in [-0.25, -0.2) is 4.98 Å². The van der Waals surface area contributed by atoms with Gasteiger partial charge in [-0.05, 0) is 32.7 Å². The van der Waals surface area contributed by atoms with E-state index in [9.17, 15) is 0 Å². The maximum Gasteiger partial charge on any atom is 0.255 e. The first kappa shape index (κ1) is 11.0. The van der Waals surface area contributed by atoms with E-state index in [1.807, 2.05) is 6.92 Å². The van der Waals surface area contributed by atoms with Gasteiger partial charge in [-0.2, -0.15) is 0 Å². The highest BCUT2D eigenvalue weighted by Gasteiger charge is 2.12. The number of hydrogen-bond donors (Lipinski definition) is 1. The molecule has 1 saturated heterocycles. The molecule has 1 unspecified atom stereocenters. The van der Waals surface area contributed by atoms with Crippen molar-refractivity contribution in [3.05, 3.63) is 12.0 Å². The summed E-state index contributed by atoms with van der Waals surface area (Å²) in [6.07, 6.45) is 6.96. The Kier molecular flexibility index (Phi) is 4.09. The monoisotopic (exact) mass is 226 g/mol. The van der Waals surface area contributed by atoms with Crippen molar-refractivity contribution in [1.29, 1.82) is 0 Å². The molecule has 0 bridgehead atoms. The van der Waals surface area contributed by atoms with Crippen molar-refractivity contribution in [2.75, 3.05) is 12.3 Å². The first-order valence-electron chi connectivity index (χ1n) is 5.63. The zero-order valence-corrected chi connectivity index (χ0v) is 9.98. The van der Waals surface area contributed by atoms with Gasteiger partial charge in [0, 0.05) is 11.8 Å². The maximum atomic E-state index is 5.29. The molecule has 4 heteroatoms. The summed E-state index contributed by atoms with van der Waals surface area (Å²) in [7, 11) is 0. The van der Waals surface area contributed by atoms with Crippen LogP contribution in [-0.2, 0) is 0 Å². The van der Waals surface area contributed by atoms with E-state index in [1.165, 1.54) is 32.2 Å². The van der Waals surface area contributed by atoms with Crippen molar-refractivity contribution in [3.63, 3.8) is 0 Å². The predicted octanol–water partition coefficient (Wildman–Crippen LogP) is 2.61. The highest BCUT2D eigenvalue weighted by molar-refractivity contribution is 7.99. The van der Waals surface area contributed by atoms with Crippen LogP contribution in [0, 0.1) is 6.92 Å². The van der Waals surface area contributed by atoms with Crippen LogP contribution >= 0.6 is 11.8 Å². The lowest BCUT2D eigenvalue weighted by Crippen LogP contribution is -2.34. The Morgan fingerprint density at radius 3 is 3.20 bits per heavy atom. The molecule has 0 amide bonds. The van der Waals surface area contributed by atoms with E-state index in [-0.39, 0.29) is 0 Å². The number of oxazole rings is 1. The van der Waals surface area contributed by atoms with Crippen molar-refractivity contribution in [2.45, 2.75) is 43.9 Å². The lowest BCUT2D eigenvalue weighted by molar-refractivity contribution is 0.394. The van der Waals surface area contributed by atoms with Gasteiger partial charge < -0.3 is 9.73 Å². The van der Waals surface area contributed by atoms with Crippen LogP contribution in [0.1, 0.15) is 31.4 Å². The van der Waals surface area contributed by atoms with Gasteiger partial charge >= 0.3 is 0 Å². The van der Waals surface area contributed by atoms with Crippen molar-refractivity contribution in [3.8, 4) is 0 Å². The van der Waals surface area contributed by atoms with E-state index in [0.29, 0.717) is 6.04 Å². The summed E-state index contributed by atoms with van der Waals surface area (Å²) in [5, 5.41) is 4.35. The van der Waals surface area contributed by atoms with Crippen molar-refractivity contribution in [1.82, 2.24) is 10.3 Å². The smallest absolute Gasteiger partial charge is 0.255 e. The standard InChI is InChI=1S/C11H18N2OS/c1-9-8-14-11(13-9)15-7-5-10-4-2-3-6-12-10/h8,10,12H,2-7H2,1H3. The van der Waals surface area contributed by atoms with Gasteiger partial charge in [0.1, 0.15) is 6.26 Å². The van der Waals surface area contributed by atoms with Crippen LogP contribution in [0.4, 0.5) is 0 Å². The average Bonchev–Trinajstić information content (AvgIpc) is 2.66. The fourth-order valence-corrected chi connectivity index (χ4v) is 2.76. The number of piperidine rings is 1. The second-order valence-corrected chi connectivity index (χ2v) is 5.08. The number of aromatic nitrogens is 1. The zero-order valence-electron chi connectivity index (χ0n) is 9.16. The molecule has 1 aliphatic heterocycles. The summed E-state index contributed by atoms with van der Waals surface area (Å²) in [4.78, 5) is 4.27. The van der Waals surface area contributed by atoms with Gasteiger partial charge in [-0.15, -0.1) is 0 Å². The fraction of sp³-hybridized carbons (Fsp3) is 0.727. The molecule has 15 heavy (non-hydrogen) atoms. The molecule has 0 saturated carbocycles. The minimum Gasteiger partial charge on any atom is -0.440 e. The lowest BCUT2D eigenvalue weighted by atomic mass is 10.0. The van der Waals surface area contributed by atoms with Crippen LogP contribution in [0.2, 0.25) is 0 Å². The van der Waals surface area contributed by atoms with Gasteiger partial charge in [-0.1, -0.05) is 18.2 Å². The molecule has 0 radical (unpaired) electrons. The van der Waals surface area contributed by atoms with Crippen LogP contribution < -0.4 is 5.32 Å². The first-order chi connectivity index (χ1) is 7.34. The summed E-state index contributed by atoms with van der Waals surface area (Å²) in [5.41, 5.74) is 0.966. The van der Waals surface area contributed by atoms with Gasteiger partial charge in [0.25, 0.3) is 5.22 Å². The molecule has 1 aromatic rings. The first-order valence-corrected chi connectivity index (χ1v) is 6.61. The van der Waals surface area contributed by atoms with E-state index >= 15 is 0 Å². The lowest BCUT2D eigenvalue weighted by Gasteiger charge is -2.22. The van der Waals surface area contributed by atoms with Crippen LogP contribution in [0.3, 0.4) is 0 Å². The SMILES string of the molecule is Cc1coc(SCCC2CCCCN2)n1. The average molecular weight is 226 g/mol. The zero-order chi connectivity index (χ0) is 10.5. The molecular formula is C11H18N2OS. The van der Waals surface area contributed by atoms with E-state index in [1.54, 1.807) is 18.0 Å². The molecule has 0 aromatic carbocycles. The second-order valence-electron chi connectivity index (χ2n) is 4.04. The third-order valence-corrected chi connectivity index (χ3v) is 3.58. The van der Waals surface area contributed by atoms with E-state index in [4.69, 9.17) is 4.42 Å². The summed E-state index contributed by atoms with van der Waals surface area (Å²) in [5.74, 6) is 1.09. The molecule has 0 aliphatic carbocycles. The molecule has 1 N–H and O–H groups in total. The number of aryl methyl sites for hydroxylation is 1. The Bertz CT molecular complexity index is 295. The third kappa shape index (κ3) is 3.54. The number of nitrogens with one attached hydrogen (secondary N) is 1. The molecule has 2 heterocycles. The molecule has 84 valence electrons. The topological polar surface area (TPSA) is 38.1 Å². The second kappa shape index (κ2) is 5.56. The summed E-state index contributed by atoms with van der Waals surface area (Å²) in [6.45, 7) is 3.14. The van der Waals surface area contributed by atoms with E-state index in [2.05, 4.69) is 10.3 Å². The van der Waals surface area contributed by atoms with Crippen LogP contribution in [-0.4, -0.2) is 23.3 Å². The van der Waals surface area contributed by atoms with Gasteiger partial charge in [0.15, 0.2) is 0 Å². The van der Waals surface area contributed by atoms with Crippen LogP contribution in [0.5, 0.6) is 0 Å². The molecule has 1 aliphatic rings. The predicted molar refractivity (Wildman–Crippen MR) is 62.2 cm³/mol. The number of thioether (sulfide) groups is 1. The Morgan fingerprint density at radius 1 is 1.60 bits per heavy atom. The Labute approximate surface area is 95.0 Å². The summed E-state index contributed by atoms with van der Waals surface area (Å²) >= 11 is 1.72. The molecule has 2 rings (SSSR count). The van der Waals surface area contributed by atoms with Crippen molar-refractivity contribution >= 4 is 11.8 Å².